The zero-order valence-corrected chi connectivity index (χ0v) is 26.8. The van der Waals surface area contributed by atoms with Gasteiger partial charge in [-0.25, -0.2) is 36.9 Å². The van der Waals surface area contributed by atoms with Crippen LogP contribution < -0.4 is 14.4 Å². The van der Waals surface area contributed by atoms with Gasteiger partial charge < -0.3 is 20.1 Å². The number of ether oxygens (including phenoxy) is 1. The Hall–Kier alpha value is -5.30. The van der Waals surface area contributed by atoms with Gasteiger partial charge in [0.05, 0.1) is 23.2 Å². The van der Waals surface area contributed by atoms with Gasteiger partial charge in [0.25, 0.3) is 0 Å². The lowest BCUT2D eigenvalue weighted by molar-refractivity contribution is 0.119. The van der Waals surface area contributed by atoms with Crippen LogP contribution in [0.1, 0.15) is 18.9 Å². The van der Waals surface area contributed by atoms with Gasteiger partial charge in [-0.3, -0.25) is 0 Å². The number of nitrogens with zero attached hydrogens (tertiary/aromatic N) is 5. The smallest absolute Gasteiger partial charge is 0.407 e. The van der Waals surface area contributed by atoms with E-state index in [0.29, 0.717) is 52.5 Å². The molecule has 47 heavy (non-hydrogen) atoms. The molecule has 1 fully saturated rings. The number of nitrogens with one attached hydrogen (secondary N) is 1. The second kappa shape index (κ2) is 12.8. The maximum absolute atomic E-state index is 15.6. The normalized spacial score (nSPS) is 16.6. The van der Waals surface area contributed by atoms with Gasteiger partial charge in [0, 0.05) is 42.3 Å². The van der Waals surface area contributed by atoms with Crippen LogP contribution in [0.25, 0.3) is 22.0 Å². The van der Waals surface area contributed by atoms with Crippen molar-refractivity contribution in [1.82, 2.24) is 19.9 Å². The Labute approximate surface area is 271 Å². The topological polar surface area (TPSA) is 138 Å². The molecule has 11 nitrogen and oxygen atoms in total. The van der Waals surface area contributed by atoms with Crippen LogP contribution in [0.3, 0.4) is 0 Å². The summed E-state index contributed by atoms with van der Waals surface area (Å²) in [5, 5.41) is 13.6. The number of carbonyl (C=O) groups is 1. The number of benzene rings is 3. The first-order chi connectivity index (χ1) is 22.5. The number of fused-ring (bicyclic) bond motifs is 1. The Balaban J connectivity index is 1.38. The summed E-state index contributed by atoms with van der Waals surface area (Å²) in [6.45, 7) is 4.64. The highest BCUT2D eigenvalue weighted by atomic mass is 32.2. The van der Waals surface area contributed by atoms with E-state index in [0.717, 1.165) is 22.5 Å². The van der Waals surface area contributed by atoms with Crippen LogP contribution in [0.2, 0.25) is 0 Å². The van der Waals surface area contributed by atoms with E-state index in [4.69, 9.17) is 9.72 Å². The molecule has 1 saturated heterocycles. The van der Waals surface area contributed by atoms with Crippen molar-refractivity contribution in [3.8, 4) is 22.9 Å². The van der Waals surface area contributed by atoms with E-state index in [1.807, 2.05) is 13.8 Å². The summed E-state index contributed by atoms with van der Waals surface area (Å²) < 4.78 is 49.2. The van der Waals surface area contributed by atoms with E-state index >= 15 is 4.39 Å². The second-order valence-corrected chi connectivity index (χ2v) is 13.5. The molecule has 2 N–H and O–H groups in total. The maximum Gasteiger partial charge on any atom is 0.407 e. The number of hydrogen-bond donors (Lipinski definition) is 2. The number of anilines is 3. The fourth-order valence-corrected chi connectivity index (χ4v) is 7.00. The summed E-state index contributed by atoms with van der Waals surface area (Å²) in [6.07, 6.45) is 4.02. The minimum atomic E-state index is -3.95. The number of aromatic nitrogens is 3. The summed E-state index contributed by atoms with van der Waals surface area (Å²) in [5.41, 5.74) is 1.97. The third-order valence-electron chi connectivity index (χ3n) is 7.96. The molecule has 1 amide bonds. The van der Waals surface area contributed by atoms with Crippen molar-refractivity contribution in [2.24, 2.45) is 5.92 Å². The van der Waals surface area contributed by atoms with Crippen molar-refractivity contribution < 1.29 is 27.4 Å². The summed E-state index contributed by atoms with van der Waals surface area (Å²) >= 11 is 0. The van der Waals surface area contributed by atoms with Gasteiger partial charge in [-0.2, -0.15) is 0 Å². The number of rotatable bonds is 8. The van der Waals surface area contributed by atoms with Gasteiger partial charge >= 0.3 is 6.09 Å². The first kappa shape index (κ1) is 31.7. The molecule has 13 heteroatoms. The van der Waals surface area contributed by atoms with E-state index in [2.05, 4.69) is 15.3 Å². The van der Waals surface area contributed by atoms with Gasteiger partial charge in [-0.05, 0) is 67.3 Å². The lowest BCUT2D eigenvalue weighted by Gasteiger charge is -2.35. The van der Waals surface area contributed by atoms with Crippen molar-refractivity contribution >= 4 is 44.2 Å². The predicted octanol–water partition coefficient (Wildman–Crippen LogP) is 6.83. The van der Waals surface area contributed by atoms with Crippen LogP contribution in [0, 0.1) is 18.7 Å². The quantitative estimate of drug-likeness (QED) is 0.184. The lowest BCUT2D eigenvalue weighted by Crippen LogP contribution is -2.47. The molecular weight excluding hydrogens is 623 g/mol. The molecule has 2 unspecified atom stereocenters. The Morgan fingerprint density at radius 2 is 1.77 bits per heavy atom. The Bertz CT molecular complexity index is 2060. The first-order valence-electron chi connectivity index (χ1n) is 15.0. The standard InChI is InChI=1S/C34H33FN6O5S/c1-21-18-23(20-40(19-21)34(42)43)38-33-37-17-15-29(39-33)27-10-7-16-36-32(27)46-31-22(2)11-12-25-26(31)13-14-28(35)30(25)41(47(3,44)45)24-8-5-4-6-9-24/h4-17,21,23H,18-20H2,1-3H3,(H,42,43)(H,37,38,39). The van der Waals surface area contributed by atoms with Gasteiger partial charge in [0.1, 0.15) is 17.3 Å². The predicted molar refractivity (Wildman–Crippen MR) is 178 cm³/mol. The largest absolute Gasteiger partial charge is 0.465 e. The third kappa shape index (κ3) is 6.66. The average Bonchev–Trinajstić information content (AvgIpc) is 3.03. The van der Waals surface area contributed by atoms with E-state index in [9.17, 15) is 18.3 Å². The Kier molecular flexibility index (Phi) is 8.65. The molecule has 1 aliphatic rings. The van der Waals surface area contributed by atoms with Crippen LogP contribution in [-0.2, 0) is 10.0 Å². The highest BCUT2D eigenvalue weighted by Gasteiger charge is 2.29. The monoisotopic (exact) mass is 656 g/mol. The number of aryl methyl sites for hydroxylation is 1. The number of sulfonamides is 1. The lowest BCUT2D eigenvalue weighted by atomic mass is 9.96. The molecule has 2 aromatic heterocycles. The molecular formula is C34H33FN6O5S. The number of carboxylic acid groups (broad SMARTS) is 1. The summed E-state index contributed by atoms with van der Waals surface area (Å²) in [6, 6.07) is 19.6. The van der Waals surface area contributed by atoms with E-state index in [-0.39, 0.29) is 23.5 Å². The number of para-hydroxylation sites is 1. The number of piperidine rings is 1. The first-order valence-corrected chi connectivity index (χ1v) is 16.8. The number of likely N-dealkylation sites (tertiary alicyclic amines) is 1. The molecule has 0 spiro atoms. The second-order valence-electron chi connectivity index (χ2n) is 11.7. The van der Waals surface area contributed by atoms with E-state index < -0.39 is 21.9 Å². The zero-order chi connectivity index (χ0) is 33.3. The molecule has 0 bridgehead atoms. The van der Waals surface area contributed by atoms with E-state index in [1.54, 1.807) is 79.1 Å². The van der Waals surface area contributed by atoms with Crippen molar-refractivity contribution in [2.45, 2.75) is 26.3 Å². The Morgan fingerprint density at radius 3 is 2.51 bits per heavy atom. The molecule has 3 aromatic carbocycles. The molecule has 0 saturated carbocycles. The zero-order valence-electron chi connectivity index (χ0n) is 26.0. The number of hydrogen-bond acceptors (Lipinski definition) is 8. The molecule has 0 aliphatic carbocycles. The summed E-state index contributed by atoms with van der Waals surface area (Å²) in [4.78, 5) is 26.5. The van der Waals surface area contributed by atoms with Gasteiger partial charge in [0.2, 0.25) is 21.9 Å². The molecule has 2 atom stereocenters. The van der Waals surface area contributed by atoms with Crippen LogP contribution in [0.15, 0.2) is 85.2 Å². The SMILES string of the molecule is Cc1ccc2c(N(c3ccccc3)S(C)(=O)=O)c(F)ccc2c1Oc1ncccc1-c1ccnc(NC2CC(C)CN(C(=O)O)C2)n1. The summed E-state index contributed by atoms with van der Waals surface area (Å²) in [7, 11) is -3.95. The molecule has 242 valence electrons. The van der Waals surface area contributed by atoms with Crippen LogP contribution >= 0.6 is 0 Å². The van der Waals surface area contributed by atoms with Gasteiger partial charge in [-0.1, -0.05) is 37.3 Å². The highest BCUT2D eigenvalue weighted by Crippen LogP contribution is 2.43. The number of amides is 1. The average molecular weight is 657 g/mol. The van der Waals surface area contributed by atoms with Crippen LogP contribution in [0.5, 0.6) is 11.6 Å². The fourth-order valence-electron chi connectivity index (χ4n) is 5.97. The van der Waals surface area contributed by atoms with Crippen molar-refractivity contribution in [3.63, 3.8) is 0 Å². The molecule has 1 aliphatic heterocycles. The van der Waals surface area contributed by atoms with Crippen molar-refractivity contribution in [3.05, 3.63) is 96.6 Å². The minimum Gasteiger partial charge on any atom is -0.465 e. The maximum atomic E-state index is 15.6. The highest BCUT2D eigenvalue weighted by molar-refractivity contribution is 7.92. The van der Waals surface area contributed by atoms with Crippen molar-refractivity contribution in [1.29, 1.82) is 0 Å². The van der Waals surface area contributed by atoms with Crippen LogP contribution in [-0.4, -0.2) is 64.9 Å². The Morgan fingerprint density at radius 1 is 1.00 bits per heavy atom. The van der Waals surface area contributed by atoms with Gasteiger partial charge in [0.15, 0.2) is 0 Å². The number of pyridine rings is 1. The molecule has 5 aromatic rings. The molecule has 0 radical (unpaired) electrons. The van der Waals surface area contributed by atoms with Crippen LogP contribution in [0.4, 0.5) is 26.5 Å². The molecule has 6 rings (SSSR count). The summed E-state index contributed by atoms with van der Waals surface area (Å²) in [5.74, 6) is 0.409. The van der Waals surface area contributed by atoms with E-state index in [1.165, 1.54) is 11.0 Å². The van der Waals surface area contributed by atoms with Crippen molar-refractivity contribution in [2.75, 3.05) is 29.0 Å². The fraction of sp³-hybridized carbons (Fsp3) is 0.235. The number of halogens is 1. The third-order valence-corrected chi connectivity index (χ3v) is 9.02. The minimum absolute atomic E-state index is 0.118. The van der Waals surface area contributed by atoms with Gasteiger partial charge in [-0.15, -0.1) is 0 Å². The molecule has 3 heterocycles.